The summed E-state index contributed by atoms with van der Waals surface area (Å²) < 4.78 is 37.5. The van der Waals surface area contributed by atoms with Gasteiger partial charge in [-0.3, -0.25) is 4.18 Å². The zero-order valence-corrected chi connectivity index (χ0v) is 34.0. The summed E-state index contributed by atoms with van der Waals surface area (Å²) in [6, 6.07) is 0. The van der Waals surface area contributed by atoms with Crippen LogP contribution in [0.15, 0.2) is 12.2 Å². The van der Waals surface area contributed by atoms with Crippen LogP contribution in [-0.2, 0) is 14.6 Å². The average molecular weight is 667 g/mol. The first-order valence-electron chi connectivity index (χ1n) is 19.3. The largest absolute Gasteiger partial charge is 1.00 e. The maximum absolute atomic E-state index is 11.0. The van der Waals surface area contributed by atoms with Crippen molar-refractivity contribution in [1.82, 2.24) is 0 Å². The van der Waals surface area contributed by atoms with Gasteiger partial charge >= 0.3 is 51.4 Å². The molecule has 0 aliphatic heterocycles. The van der Waals surface area contributed by atoms with Gasteiger partial charge in [-0.25, -0.2) is 8.42 Å². The molecule has 0 saturated carbocycles. The first-order valence-corrected chi connectivity index (χ1v) is 20.6. The molecule has 0 spiro atoms. The quantitative estimate of drug-likeness (QED) is 0.0219. The van der Waals surface area contributed by atoms with Crippen molar-refractivity contribution in [3.05, 3.63) is 12.2 Å². The van der Waals surface area contributed by atoms with Crippen molar-refractivity contribution >= 4 is 10.4 Å². The van der Waals surface area contributed by atoms with Crippen LogP contribution in [0.1, 0.15) is 219 Å². The Balaban J connectivity index is 0. The van der Waals surface area contributed by atoms with Crippen molar-refractivity contribution in [3.8, 4) is 0 Å². The fourth-order valence-corrected chi connectivity index (χ4v) is 6.45. The standard InChI is InChI=1S/C38H76O4S.K/c1-3-5-7-9-11-13-15-17-19-20-21-22-24-26-28-30-32-34-36-38(37-42-43(39,40)41)35-33-31-29-27-25-23-18-16-14-12-10-8-6-4-2;/h34,36,38H,3-33,35,37H2,1-2H3,(H,39,40,41);/q;+1/p-1/b36-34+;. The summed E-state index contributed by atoms with van der Waals surface area (Å²) in [6.45, 7) is 4.54. The third-order valence-corrected chi connectivity index (χ3v) is 9.41. The molecule has 1 atom stereocenters. The van der Waals surface area contributed by atoms with Gasteiger partial charge in [-0.1, -0.05) is 212 Å². The monoisotopic (exact) mass is 667 g/mol. The van der Waals surface area contributed by atoms with E-state index in [-0.39, 0.29) is 63.9 Å². The minimum absolute atomic E-state index is 0. The van der Waals surface area contributed by atoms with E-state index in [4.69, 9.17) is 0 Å². The van der Waals surface area contributed by atoms with Crippen LogP contribution in [0.2, 0.25) is 0 Å². The molecule has 0 bridgehead atoms. The predicted molar refractivity (Wildman–Crippen MR) is 187 cm³/mol. The molecule has 0 aliphatic carbocycles. The maximum atomic E-state index is 11.0. The molecule has 44 heavy (non-hydrogen) atoms. The van der Waals surface area contributed by atoms with Crippen LogP contribution < -0.4 is 51.4 Å². The number of hydrogen-bond donors (Lipinski definition) is 0. The predicted octanol–water partition coefficient (Wildman–Crippen LogP) is 10.2. The molecule has 0 aromatic rings. The minimum atomic E-state index is -4.62. The second kappa shape index (κ2) is 38.7. The molecule has 6 heteroatoms. The third-order valence-electron chi connectivity index (χ3n) is 8.99. The van der Waals surface area contributed by atoms with E-state index in [1.165, 1.54) is 186 Å². The van der Waals surface area contributed by atoms with Crippen LogP contribution in [0.4, 0.5) is 0 Å². The van der Waals surface area contributed by atoms with E-state index in [9.17, 15) is 13.0 Å². The van der Waals surface area contributed by atoms with Gasteiger partial charge in [-0.2, -0.15) is 0 Å². The van der Waals surface area contributed by atoms with Crippen molar-refractivity contribution in [3.63, 3.8) is 0 Å². The molecule has 0 aromatic carbocycles. The van der Waals surface area contributed by atoms with Crippen LogP contribution in [-0.4, -0.2) is 19.6 Å². The van der Waals surface area contributed by atoms with Gasteiger partial charge in [0, 0.05) is 5.92 Å². The molecule has 0 aliphatic rings. The van der Waals surface area contributed by atoms with Gasteiger partial charge in [-0.15, -0.1) is 0 Å². The van der Waals surface area contributed by atoms with Crippen molar-refractivity contribution in [2.45, 2.75) is 219 Å². The Morgan fingerprint density at radius 2 is 0.795 bits per heavy atom. The summed E-state index contributed by atoms with van der Waals surface area (Å²) in [4.78, 5) is 0. The Labute approximate surface area is 319 Å². The van der Waals surface area contributed by atoms with Crippen LogP contribution >= 0.6 is 0 Å². The summed E-state index contributed by atoms with van der Waals surface area (Å²) in [5, 5.41) is 0. The topological polar surface area (TPSA) is 66.4 Å². The van der Waals surface area contributed by atoms with Gasteiger partial charge in [0.05, 0.1) is 6.61 Å². The van der Waals surface area contributed by atoms with E-state index in [1.807, 2.05) is 0 Å². The average Bonchev–Trinajstić information content (AvgIpc) is 2.98. The Morgan fingerprint density at radius 1 is 0.500 bits per heavy atom. The van der Waals surface area contributed by atoms with E-state index < -0.39 is 10.4 Å². The molecule has 0 aromatic heterocycles. The number of rotatable bonds is 36. The summed E-state index contributed by atoms with van der Waals surface area (Å²) in [5.74, 6) is 0.0158. The molecule has 0 radical (unpaired) electrons. The summed E-state index contributed by atoms with van der Waals surface area (Å²) in [5.41, 5.74) is 0. The first kappa shape index (κ1) is 47.4. The maximum Gasteiger partial charge on any atom is 1.00 e. The fraction of sp³-hybridized carbons (Fsp3) is 0.947. The molecule has 0 N–H and O–H groups in total. The zero-order chi connectivity index (χ0) is 31.5. The molecule has 0 rings (SSSR count). The molecule has 0 fully saturated rings. The van der Waals surface area contributed by atoms with Gasteiger partial charge < -0.3 is 4.55 Å². The van der Waals surface area contributed by atoms with E-state index in [0.29, 0.717) is 0 Å². The van der Waals surface area contributed by atoms with E-state index in [1.54, 1.807) is 0 Å². The second-order valence-electron chi connectivity index (χ2n) is 13.4. The number of unbranched alkanes of at least 4 members (excludes halogenated alkanes) is 29. The Kier molecular flexibility index (Phi) is 41.6. The normalized spacial score (nSPS) is 12.6. The van der Waals surface area contributed by atoms with Crippen LogP contribution in [0.25, 0.3) is 0 Å². The number of hydrogen-bond acceptors (Lipinski definition) is 4. The van der Waals surface area contributed by atoms with Crippen molar-refractivity contribution < 1.29 is 68.5 Å². The molecule has 0 amide bonds. The van der Waals surface area contributed by atoms with Crippen molar-refractivity contribution in [1.29, 1.82) is 0 Å². The van der Waals surface area contributed by atoms with E-state index in [0.717, 1.165) is 19.3 Å². The molecular weight excluding hydrogens is 592 g/mol. The van der Waals surface area contributed by atoms with E-state index in [2.05, 4.69) is 30.2 Å². The Morgan fingerprint density at radius 3 is 1.11 bits per heavy atom. The summed E-state index contributed by atoms with van der Waals surface area (Å²) in [7, 11) is -4.62. The molecular formula is C38H75KO4S. The van der Waals surface area contributed by atoms with Gasteiger partial charge in [0.2, 0.25) is 10.4 Å². The summed E-state index contributed by atoms with van der Waals surface area (Å²) in [6.07, 6.45) is 46.8. The van der Waals surface area contributed by atoms with Crippen LogP contribution in [0.3, 0.4) is 0 Å². The van der Waals surface area contributed by atoms with Crippen molar-refractivity contribution in [2.75, 3.05) is 6.61 Å². The fourth-order valence-electron chi connectivity index (χ4n) is 6.11. The van der Waals surface area contributed by atoms with Gasteiger partial charge in [0.25, 0.3) is 0 Å². The Bertz CT molecular complexity index is 668. The van der Waals surface area contributed by atoms with E-state index >= 15 is 0 Å². The van der Waals surface area contributed by atoms with Gasteiger partial charge in [0.1, 0.15) is 0 Å². The Hall–Kier alpha value is 1.25. The van der Waals surface area contributed by atoms with Gasteiger partial charge in [0.15, 0.2) is 0 Å². The summed E-state index contributed by atoms with van der Waals surface area (Å²) >= 11 is 0. The first-order chi connectivity index (χ1) is 21.0. The molecule has 0 heterocycles. The molecule has 1 unspecified atom stereocenters. The molecule has 4 nitrogen and oxygen atoms in total. The van der Waals surface area contributed by atoms with Crippen LogP contribution in [0, 0.1) is 5.92 Å². The SMILES string of the molecule is CCCCCCCCCCCCCCCCCC/C=C/C(CCCCCCCCCCCCCCCC)COS(=O)(=O)[O-].[K+]. The minimum Gasteiger partial charge on any atom is -0.726 e. The smallest absolute Gasteiger partial charge is 0.726 e. The van der Waals surface area contributed by atoms with Crippen molar-refractivity contribution in [2.24, 2.45) is 5.92 Å². The third kappa shape index (κ3) is 41.3. The zero-order valence-electron chi connectivity index (χ0n) is 30.1. The molecule has 0 saturated heterocycles. The second-order valence-corrected chi connectivity index (χ2v) is 14.4. The molecule has 258 valence electrons. The van der Waals surface area contributed by atoms with Gasteiger partial charge in [-0.05, 0) is 19.3 Å². The number of allylic oxidation sites excluding steroid dienone is 1. The van der Waals surface area contributed by atoms with Crippen LogP contribution in [0.5, 0.6) is 0 Å².